The first-order valence-corrected chi connectivity index (χ1v) is 13.4. The van der Waals surface area contributed by atoms with Gasteiger partial charge >= 0.3 is 0 Å². The molecule has 3 rings (SSSR count). The van der Waals surface area contributed by atoms with E-state index in [-0.39, 0.29) is 41.0 Å². The van der Waals surface area contributed by atoms with Crippen LogP contribution < -0.4 is 5.32 Å². The first-order valence-electron chi connectivity index (χ1n) is 10.6. The Morgan fingerprint density at radius 2 is 1.67 bits per heavy atom. The van der Waals surface area contributed by atoms with Gasteiger partial charge in [0, 0.05) is 38.3 Å². The standard InChI is InChI=1S/C22H29N3O6S2/c1-17(2)24(3)32(27,28)20-9-7-18(8-10-20)16-23-22(26)19-5-4-6-21(15-19)33(29,30)25-11-13-31-14-12-25/h4-10,15,17H,11-14,16H2,1-3H3,(H,23,26). The fourth-order valence-corrected chi connectivity index (χ4v) is 6.06. The molecule has 1 amide bonds. The maximum Gasteiger partial charge on any atom is 0.251 e. The third-order valence-electron chi connectivity index (χ3n) is 5.48. The molecule has 1 heterocycles. The zero-order valence-corrected chi connectivity index (χ0v) is 20.5. The summed E-state index contributed by atoms with van der Waals surface area (Å²) < 4.78 is 58.6. The summed E-state index contributed by atoms with van der Waals surface area (Å²) in [5.41, 5.74) is 0.939. The van der Waals surface area contributed by atoms with Crippen molar-refractivity contribution in [2.45, 2.75) is 36.2 Å². The summed E-state index contributed by atoms with van der Waals surface area (Å²) in [5, 5.41) is 2.75. The van der Waals surface area contributed by atoms with Gasteiger partial charge in [0.25, 0.3) is 5.91 Å². The van der Waals surface area contributed by atoms with Gasteiger partial charge in [0.1, 0.15) is 0 Å². The minimum absolute atomic E-state index is 0.0564. The van der Waals surface area contributed by atoms with Crippen LogP contribution in [-0.4, -0.2) is 70.7 Å². The number of hydrogen-bond acceptors (Lipinski definition) is 6. The van der Waals surface area contributed by atoms with Crippen LogP contribution >= 0.6 is 0 Å². The quantitative estimate of drug-likeness (QED) is 0.596. The maximum atomic E-state index is 12.8. The summed E-state index contributed by atoms with van der Waals surface area (Å²) in [4.78, 5) is 12.9. The fourth-order valence-electron chi connectivity index (χ4n) is 3.24. The average molecular weight is 496 g/mol. The smallest absolute Gasteiger partial charge is 0.251 e. The maximum absolute atomic E-state index is 12.8. The van der Waals surface area contributed by atoms with E-state index < -0.39 is 26.0 Å². The summed E-state index contributed by atoms with van der Waals surface area (Å²) in [6.07, 6.45) is 0. The van der Waals surface area contributed by atoms with E-state index in [1.165, 1.54) is 46.0 Å². The van der Waals surface area contributed by atoms with E-state index in [4.69, 9.17) is 4.74 Å². The highest BCUT2D eigenvalue weighted by Gasteiger charge is 2.27. The number of benzene rings is 2. The molecule has 2 aromatic rings. The number of sulfonamides is 2. The number of carbonyl (C=O) groups excluding carboxylic acids is 1. The van der Waals surface area contributed by atoms with Crippen molar-refractivity contribution in [3.8, 4) is 0 Å². The molecule has 0 aliphatic carbocycles. The summed E-state index contributed by atoms with van der Waals surface area (Å²) in [7, 11) is -5.76. The molecule has 33 heavy (non-hydrogen) atoms. The second-order valence-electron chi connectivity index (χ2n) is 7.99. The molecule has 0 bridgehead atoms. The van der Waals surface area contributed by atoms with Crippen molar-refractivity contribution < 1.29 is 26.4 Å². The predicted octanol–water partition coefficient (Wildman–Crippen LogP) is 1.67. The molecule has 0 saturated carbocycles. The van der Waals surface area contributed by atoms with E-state index in [9.17, 15) is 21.6 Å². The van der Waals surface area contributed by atoms with E-state index in [1.807, 2.05) is 0 Å². The van der Waals surface area contributed by atoms with Crippen LogP contribution in [0.2, 0.25) is 0 Å². The van der Waals surface area contributed by atoms with Crippen molar-refractivity contribution in [1.82, 2.24) is 13.9 Å². The highest BCUT2D eigenvalue weighted by molar-refractivity contribution is 7.89. The molecule has 0 radical (unpaired) electrons. The Bertz CT molecular complexity index is 1190. The van der Waals surface area contributed by atoms with E-state index >= 15 is 0 Å². The van der Waals surface area contributed by atoms with Crippen LogP contribution in [0.15, 0.2) is 58.3 Å². The van der Waals surface area contributed by atoms with Gasteiger partial charge in [-0.2, -0.15) is 8.61 Å². The molecule has 11 heteroatoms. The second-order valence-corrected chi connectivity index (χ2v) is 11.9. The van der Waals surface area contributed by atoms with Gasteiger partial charge in [-0.25, -0.2) is 16.8 Å². The zero-order valence-electron chi connectivity index (χ0n) is 18.9. The molecule has 9 nitrogen and oxygen atoms in total. The SMILES string of the molecule is CC(C)N(C)S(=O)(=O)c1ccc(CNC(=O)c2cccc(S(=O)(=O)N3CCOCC3)c2)cc1. The summed E-state index contributed by atoms with van der Waals surface area (Å²) in [6, 6.07) is 12.0. The third kappa shape index (κ3) is 5.79. The van der Waals surface area contributed by atoms with Crippen molar-refractivity contribution >= 4 is 26.0 Å². The summed E-state index contributed by atoms with van der Waals surface area (Å²) in [6.45, 7) is 4.99. The molecule has 2 aromatic carbocycles. The lowest BCUT2D eigenvalue weighted by molar-refractivity contribution is 0.0730. The zero-order chi connectivity index (χ0) is 24.2. The number of rotatable bonds is 8. The van der Waals surface area contributed by atoms with Crippen LogP contribution in [0.5, 0.6) is 0 Å². The van der Waals surface area contributed by atoms with Crippen molar-refractivity contribution in [3.63, 3.8) is 0 Å². The second kappa shape index (κ2) is 10.3. The third-order valence-corrected chi connectivity index (χ3v) is 9.43. The van der Waals surface area contributed by atoms with Crippen molar-refractivity contribution in [2.75, 3.05) is 33.4 Å². The van der Waals surface area contributed by atoms with E-state index in [2.05, 4.69) is 5.32 Å². The molecule has 1 aliphatic heterocycles. The molecule has 1 aliphatic rings. The van der Waals surface area contributed by atoms with Gasteiger partial charge in [-0.05, 0) is 49.7 Å². The Balaban J connectivity index is 1.67. The lowest BCUT2D eigenvalue weighted by atomic mass is 10.2. The molecule has 0 aromatic heterocycles. The van der Waals surface area contributed by atoms with Gasteiger partial charge in [0.2, 0.25) is 20.0 Å². The summed E-state index contributed by atoms with van der Waals surface area (Å²) >= 11 is 0. The van der Waals surface area contributed by atoms with Gasteiger partial charge in [-0.1, -0.05) is 18.2 Å². The molecule has 1 fully saturated rings. The Labute approximate surface area is 195 Å². The highest BCUT2D eigenvalue weighted by Crippen LogP contribution is 2.19. The Morgan fingerprint density at radius 1 is 1.03 bits per heavy atom. The minimum Gasteiger partial charge on any atom is -0.379 e. The van der Waals surface area contributed by atoms with E-state index in [0.29, 0.717) is 18.8 Å². The molecule has 1 N–H and O–H groups in total. The van der Waals surface area contributed by atoms with Crippen molar-refractivity contribution in [2.24, 2.45) is 0 Å². The van der Waals surface area contributed by atoms with Gasteiger partial charge in [-0.3, -0.25) is 4.79 Å². The van der Waals surface area contributed by atoms with Crippen LogP contribution in [0.4, 0.5) is 0 Å². The van der Waals surface area contributed by atoms with E-state index in [1.54, 1.807) is 32.0 Å². The number of hydrogen-bond donors (Lipinski definition) is 1. The largest absolute Gasteiger partial charge is 0.379 e. The fraction of sp³-hybridized carbons (Fsp3) is 0.409. The molecule has 180 valence electrons. The highest BCUT2D eigenvalue weighted by atomic mass is 32.2. The first kappa shape index (κ1) is 25.3. The van der Waals surface area contributed by atoms with Crippen LogP contribution in [0.25, 0.3) is 0 Å². The normalized spacial score (nSPS) is 15.7. The van der Waals surface area contributed by atoms with Crippen molar-refractivity contribution in [1.29, 1.82) is 0 Å². The molecular formula is C22H29N3O6S2. The number of ether oxygens (including phenoxy) is 1. The summed E-state index contributed by atoms with van der Waals surface area (Å²) in [5.74, 6) is -0.426. The monoisotopic (exact) mass is 495 g/mol. The molecular weight excluding hydrogens is 466 g/mol. The molecule has 0 unspecified atom stereocenters. The van der Waals surface area contributed by atoms with Crippen LogP contribution in [0.3, 0.4) is 0 Å². The van der Waals surface area contributed by atoms with Gasteiger partial charge in [-0.15, -0.1) is 0 Å². The topological polar surface area (TPSA) is 113 Å². The molecule has 0 spiro atoms. The van der Waals surface area contributed by atoms with Crippen molar-refractivity contribution in [3.05, 3.63) is 59.7 Å². The number of nitrogens with one attached hydrogen (secondary N) is 1. The van der Waals surface area contributed by atoms with Crippen LogP contribution in [-0.2, 0) is 31.3 Å². The number of carbonyl (C=O) groups is 1. The first-order chi connectivity index (χ1) is 15.5. The van der Waals surface area contributed by atoms with Crippen LogP contribution in [0.1, 0.15) is 29.8 Å². The predicted molar refractivity (Wildman–Crippen MR) is 124 cm³/mol. The van der Waals surface area contributed by atoms with Gasteiger partial charge in [0.05, 0.1) is 23.0 Å². The van der Waals surface area contributed by atoms with Gasteiger partial charge < -0.3 is 10.1 Å². The number of amides is 1. The van der Waals surface area contributed by atoms with Gasteiger partial charge in [0.15, 0.2) is 0 Å². The lowest BCUT2D eigenvalue weighted by Gasteiger charge is -2.26. The lowest BCUT2D eigenvalue weighted by Crippen LogP contribution is -2.40. The Hall–Kier alpha value is -2.31. The van der Waals surface area contributed by atoms with Crippen LogP contribution in [0, 0.1) is 0 Å². The molecule has 0 atom stereocenters. The Morgan fingerprint density at radius 3 is 2.27 bits per heavy atom. The van der Waals surface area contributed by atoms with E-state index in [0.717, 1.165) is 0 Å². The average Bonchev–Trinajstić information content (AvgIpc) is 2.82. The molecule has 1 saturated heterocycles. The Kier molecular flexibility index (Phi) is 7.91. The minimum atomic E-state index is -3.70. The number of morpholine rings is 1. The number of nitrogens with zero attached hydrogens (tertiary/aromatic N) is 2.